The summed E-state index contributed by atoms with van der Waals surface area (Å²) < 4.78 is 22.5. The number of aryl methyl sites for hydroxylation is 1. The average molecular weight is 244 g/mol. The van der Waals surface area contributed by atoms with E-state index >= 15 is 0 Å². The zero-order chi connectivity index (χ0) is 12.3. The lowest BCUT2D eigenvalue weighted by atomic mass is 10.1. The van der Waals surface area contributed by atoms with E-state index in [9.17, 15) is 18.3 Å². The Kier molecular flexibility index (Phi) is 3.54. The zero-order valence-electron chi connectivity index (χ0n) is 8.67. The summed E-state index contributed by atoms with van der Waals surface area (Å²) in [5.74, 6) is -1.09. The van der Waals surface area contributed by atoms with E-state index in [2.05, 4.69) is 0 Å². The van der Waals surface area contributed by atoms with E-state index < -0.39 is 15.8 Å². The number of sulfone groups is 1. The second-order valence-electron chi connectivity index (χ2n) is 3.46. The highest BCUT2D eigenvalue weighted by atomic mass is 32.2. The molecule has 1 rings (SSSR count). The Bertz CT molecular complexity index is 504. The van der Waals surface area contributed by atoms with Gasteiger partial charge in [-0.3, -0.25) is 4.79 Å². The number of rotatable bonds is 4. The minimum atomic E-state index is -3.34. The molecule has 0 atom stereocenters. The van der Waals surface area contributed by atoms with Crippen LogP contribution >= 0.6 is 0 Å². The van der Waals surface area contributed by atoms with Gasteiger partial charge >= 0.3 is 5.97 Å². The number of carbonyl (C=O) groups is 1. The first-order chi connectivity index (χ1) is 7.30. The number of aromatic hydroxyl groups is 1. The summed E-state index contributed by atoms with van der Waals surface area (Å²) in [6.45, 7) is 0. The minimum Gasteiger partial charge on any atom is -0.508 e. The van der Waals surface area contributed by atoms with E-state index in [1.807, 2.05) is 0 Å². The van der Waals surface area contributed by atoms with Crippen molar-refractivity contribution >= 4 is 15.8 Å². The first-order valence-corrected chi connectivity index (χ1v) is 6.43. The number of benzene rings is 1. The third kappa shape index (κ3) is 3.23. The summed E-state index contributed by atoms with van der Waals surface area (Å²) in [5.41, 5.74) is 0.324. The predicted octanol–water partition coefficient (Wildman–Crippen LogP) is 0.813. The summed E-state index contributed by atoms with van der Waals surface area (Å²) in [5, 5.41) is 17.9. The maximum absolute atomic E-state index is 11.2. The second kappa shape index (κ2) is 4.52. The summed E-state index contributed by atoms with van der Waals surface area (Å²) in [6.07, 6.45) is 1.01. The molecule has 0 radical (unpaired) electrons. The number of hydrogen-bond acceptors (Lipinski definition) is 4. The Morgan fingerprint density at radius 1 is 1.38 bits per heavy atom. The molecule has 0 amide bonds. The van der Waals surface area contributed by atoms with Crippen molar-refractivity contribution in [3.8, 4) is 5.75 Å². The van der Waals surface area contributed by atoms with Crippen molar-refractivity contribution in [2.75, 3.05) is 6.26 Å². The maximum Gasteiger partial charge on any atom is 0.303 e. The van der Waals surface area contributed by atoms with Gasteiger partial charge in [0.25, 0.3) is 0 Å². The van der Waals surface area contributed by atoms with Crippen molar-refractivity contribution in [2.24, 2.45) is 0 Å². The average Bonchev–Trinajstić information content (AvgIpc) is 2.14. The summed E-state index contributed by atoms with van der Waals surface area (Å²) in [6, 6.07) is 3.84. The smallest absolute Gasteiger partial charge is 0.303 e. The molecule has 0 aliphatic rings. The summed E-state index contributed by atoms with van der Waals surface area (Å²) >= 11 is 0. The molecule has 0 heterocycles. The van der Waals surface area contributed by atoms with Crippen molar-refractivity contribution in [3.05, 3.63) is 23.8 Å². The Labute approximate surface area is 93.3 Å². The molecule has 5 nitrogen and oxygen atoms in total. The lowest BCUT2D eigenvalue weighted by Gasteiger charge is -2.05. The number of aliphatic carboxylic acids is 1. The SMILES string of the molecule is CS(=O)(=O)c1ccc(O)c(CCC(=O)O)c1. The number of phenolic OH excluding ortho intramolecular Hbond substituents is 1. The van der Waals surface area contributed by atoms with Crippen LogP contribution < -0.4 is 0 Å². The van der Waals surface area contributed by atoms with E-state index in [4.69, 9.17) is 5.11 Å². The Morgan fingerprint density at radius 3 is 2.50 bits per heavy atom. The quantitative estimate of drug-likeness (QED) is 0.817. The van der Waals surface area contributed by atoms with Crippen LogP contribution in [0.3, 0.4) is 0 Å². The van der Waals surface area contributed by atoms with Gasteiger partial charge < -0.3 is 10.2 Å². The van der Waals surface area contributed by atoms with Crippen molar-refractivity contribution in [3.63, 3.8) is 0 Å². The molecule has 0 aromatic heterocycles. The van der Waals surface area contributed by atoms with Crippen molar-refractivity contribution in [1.82, 2.24) is 0 Å². The van der Waals surface area contributed by atoms with Crippen LogP contribution in [0.25, 0.3) is 0 Å². The largest absolute Gasteiger partial charge is 0.508 e. The molecule has 0 fully saturated rings. The number of phenols is 1. The van der Waals surface area contributed by atoms with Crippen molar-refractivity contribution in [1.29, 1.82) is 0 Å². The van der Waals surface area contributed by atoms with Crippen molar-refractivity contribution in [2.45, 2.75) is 17.7 Å². The van der Waals surface area contributed by atoms with Crippen LogP contribution in [0, 0.1) is 0 Å². The standard InChI is InChI=1S/C10H12O5S/c1-16(14,15)8-3-4-9(11)7(6-8)2-5-10(12)13/h3-4,6,11H,2,5H2,1H3,(H,12,13). The fraction of sp³-hybridized carbons (Fsp3) is 0.300. The molecule has 0 aliphatic heterocycles. The maximum atomic E-state index is 11.2. The number of carboxylic acids is 1. The molecule has 16 heavy (non-hydrogen) atoms. The van der Waals surface area contributed by atoms with Gasteiger partial charge in [0.1, 0.15) is 5.75 Å². The zero-order valence-corrected chi connectivity index (χ0v) is 9.49. The van der Waals surface area contributed by atoms with Gasteiger partial charge in [-0.25, -0.2) is 8.42 Å². The van der Waals surface area contributed by atoms with Gasteiger partial charge in [-0.15, -0.1) is 0 Å². The topological polar surface area (TPSA) is 91.7 Å². The van der Waals surface area contributed by atoms with Crippen LogP contribution in [0.2, 0.25) is 0 Å². The van der Waals surface area contributed by atoms with Crippen LogP contribution in [0.4, 0.5) is 0 Å². The first kappa shape index (κ1) is 12.5. The van der Waals surface area contributed by atoms with Gasteiger partial charge in [0.05, 0.1) is 4.90 Å². The normalized spacial score (nSPS) is 11.3. The van der Waals surface area contributed by atoms with Gasteiger partial charge in [-0.2, -0.15) is 0 Å². The molecular weight excluding hydrogens is 232 g/mol. The highest BCUT2D eigenvalue weighted by molar-refractivity contribution is 7.90. The summed E-state index contributed by atoms with van der Waals surface area (Å²) in [7, 11) is -3.34. The number of hydrogen-bond donors (Lipinski definition) is 2. The third-order valence-corrected chi connectivity index (χ3v) is 3.20. The van der Waals surface area contributed by atoms with E-state index in [0.29, 0.717) is 5.56 Å². The molecule has 1 aromatic rings. The Balaban J connectivity index is 3.04. The van der Waals surface area contributed by atoms with Crippen LogP contribution in [-0.2, 0) is 21.1 Å². The fourth-order valence-corrected chi connectivity index (χ4v) is 1.91. The molecule has 0 aliphatic carbocycles. The molecule has 1 aromatic carbocycles. The molecule has 6 heteroatoms. The molecule has 88 valence electrons. The van der Waals surface area contributed by atoms with E-state index in [1.54, 1.807) is 0 Å². The first-order valence-electron chi connectivity index (χ1n) is 4.54. The molecular formula is C10H12O5S. The molecule has 0 saturated heterocycles. The van der Waals surface area contributed by atoms with Gasteiger partial charge in [-0.1, -0.05) is 0 Å². The molecule has 0 spiro atoms. The van der Waals surface area contributed by atoms with E-state index in [0.717, 1.165) is 6.26 Å². The minimum absolute atomic E-state index is 0.0747. The second-order valence-corrected chi connectivity index (χ2v) is 5.47. The van der Waals surface area contributed by atoms with E-state index in [1.165, 1.54) is 18.2 Å². The van der Waals surface area contributed by atoms with Crippen LogP contribution in [0.1, 0.15) is 12.0 Å². The van der Waals surface area contributed by atoms with Gasteiger partial charge in [-0.05, 0) is 30.2 Å². The lowest BCUT2D eigenvalue weighted by molar-refractivity contribution is -0.136. The molecule has 2 N–H and O–H groups in total. The predicted molar refractivity (Wildman–Crippen MR) is 57.2 cm³/mol. The molecule has 0 bridgehead atoms. The lowest BCUT2D eigenvalue weighted by Crippen LogP contribution is -2.01. The Hall–Kier alpha value is -1.56. The summed E-state index contributed by atoms with van der Waals surface area (Å²) in [4.78, 5) is 10.4. The van der Waals surface area contributed by atoms with Crippen LogP contribution in [0.5, 0.6) is 5.75 Å². The van der Waals surface area contributed by atoms with Crippen LogP contribution in [0.15, 0.2) is 23.1 Å². The highest BCUT2D eigenvalue weighted by Crippen LogP contribution is 2.22. The highest BCUT2D eigenvalue weighted by Gasteiger charge is 2.11. The van der Waals surface area contributed by atoms with E-state index in [-0.39, 0.29) is 23.5 Å². The van der Waals surface area contributed by atoms with Gasteiger partial charge in [0.2, 0.25) is 0 Å². The Morgan fingerprint density at radius 2 is 2.00 bits per heavy atom. The molecule has 0 unspecified atom stereocenters. The van der Waals surface area contributed by atoms with Crippen LogP contribution in [-0.4, -0.2) is 30.9 Å². The van der Waals surface area contributed by atoms with Gasteiger partial charge in [0.15, 0.2) is 9.84 Å². The molecule has 0 saturated carbocycles. The monoisotopic (exact) mass is 244 g/mol. The van der Waals surface area contributed by atoms with Gasteiger partial charge in [0, 0.05) is 12.7 Å². The fourth-order valence-electron chi connectivity index (χ4n) is 1.23. The third-order valence-electron chi connectivity index (χ3n) is 2.09. The van der Waals surface area contributed by atoms with Crippen molar-refractivity contribution < 1.29 is 23.4 Å². The number of carboxylic acid groups (broad SMARTS) is 1.